The van der Waals surface area contributed by atoms with Gasteiger partial charge in [0.25, 0.3) is 0 Å². The van der Waals surface area contributed by atoms with Gasteiger partial charge in [0, 0.05) is 12.5 Å². The molecule has 0 heterocycles. The maximum absolute atomic E-state index is 12.0. The van der Waals surface area contributed by atoms with Crippen LogP contribution in [0.2, 0.25) is 0 Å². The second-order valence-electron chi connectivity index (χ2n) is 8.43. The second-order valence-corrected chi connectivity index (χ2v) is 8.43. The van der Waals surface area contributed by atoms with E-state index in [2.05, 4.69) is 12.2 Å². The van der Waals surface area contributed by atoms with E-state index in [4.69, 9.17) is 0 Å². The van der Waals surface area contributed by atoms with E-state index < -0.39 is 12.2 Å². The molecule has 1 saturated carbocycles. The summed E-state index contributed by atoms with van der Waals surface area (Å²) < 4.78 is 0. The summed E-state index contributed by atoms with van der Waals surface area (Å²) in [5.74, 6) is -0.0495. The Labute approximate surface area is 200 Å². The van der Waals surface area contributed by atoms with Crippen molar-refractivity contribution in [3.63, 3.8) is 0 Å². The Balaban J connectivity index is 2.16. The average Bonchev–Trinajstić information content (AvgIpc) is 2.80. The lowest BCUT2D eigenvalue weighted by molar-refractivity contribution is -0.121. The number of aliphatic hydroxyl groups is 3. The minimum Gasteiger partial charge on any atom is -0.510 e. The largest absolute Gasteiger partial charge is 0.510 e. The summed E-state index contributed by atoms with van der Waals surface area (Å²) in [7, 11) is 0. The summed E-state index contributed by atoms with van der Waals surface area (Å²) in [5, 5.41) is 32.8. The van der Waals surface area contributed by atoms with Crippen molar-refractivity contribution in [2.24, 2.45) is 0 Å². The lowest BCUT2D eigenvalue weighted by atomic mass is 9.95. The SMILES string of the molecule is CC/C=C\C[C@H](O)/C=C/C=C\C=C\C=C\CC[C@@H](O)/C(O)=C\CCC(=O)NC1CCCCC1. The van der Waals surface area contributed by atoms with Gasteiger partial charge >= 0.3 is 0 Å². The molecule has 1 aliphatic carbocycles. The minimum absolute atomic E-state index is 0.0139. The van der Waals surface area contributed by atoms with Gasteiger partial charge in [-0.3, -0.25) is 4.79 Å². The maximum Gasteiger partial charge on any atom is 0.220 e. The number of hydrogen-bond acceptors (Lipinski definition) is 4. The zero-order valence-corrected chi connectivity index (χ0v) is 20.1. The van der Waals surface area contributed by atoms with Crippen LogP contribution in [0.4, 0.5) is 0 Å². The summed E-state index contributed by atoms with van der Waals surface area (Å²) in [5.41, 5.74) is 0. The van der Waals surface area contributed by atoms with Gasteiger partial charge in [-0.05, 0) is 51.0 Å². The molecule has 0 bridgehead atoms. The first-order chi connectivity index (χ1) is 16.0. The van der Waals surface area contributed by atoms with Gasteiger partial charge in [-0.2, -0.15) is 0 Å². The molecule has 0 saturated heterocycles. The summed E-state index contributed by atoms with van der Waals surface area (Å²) in [6.45, 7) is 2.06. The molecule has 0 spiro atoms. The molecule has 1 aliphatic rings. The Hall–Kier alpha value is -2.37. The van der Waals surface area contributed by atoms with Crippen molar-refractivity contribution < 1.29 is 20.1 Å². The number of nitrogens with one attached hydrogen (secondary N) is 1. The molecule has 1 fully saturated rings. The van der Waals surface area contributed by atoms with Crippen molar-refractivity contribution in [3.8, 4) is 0 Å². The van der Waals surface area contributed by atoms with Crippen molar-refractivity contribution in [3.05, 3.63) is 72.6 Å². The fourth-order valence-electron chi connectivity index (χ4n) is 3.54. The number of allylic oxidation sites excluding steroid dienone is 9. The number of carbonyl (C=O) groups is 1. The first-order valence-electron chi connectivity index (χ1n) is 12.4. The number of aliphatic hydroxyl groups excluding tert-OH is 3. The third-order valence-electron chi connectivity index (χ3n) is 5.45. The van der Waals surface area contributed by atoms with Gasteiger partial charge in [0.1, 0.15) is 11.9 Å². The highest BCUT2D eigenvalue weighted by Crippen LogP contribution is 2.17. The summed E-state index contributed by atoms with van der Waals surface area (Å²) >= 11 is 0. The van der Waals surface area contributed by atoms with E-state index >= 15 is 0 Å². The van der Waals surface area contributed by atoms with Crippen LogP contribution >= 0.6 is 0 Å². The van der Waals surface area contributed by atoms with Gasteiger partial charge in [0.15, 0.2) is 0 Å². The summed E-state index contributed by atoms with van der Waals surface area (Å²) in [6, 6.07) is 0.299. The molecule has 33 heavy (non-hydrogen) atoms. The monoisotopic (exact) mass is 457 g/mol. The molecule has 5 heteroatoms. The fourth-order valence-corrected chi connectivity index (χ4v) is 3.54. The molecule has 1 amide bonds. The molecule has 184 valence electrons. The maximum atomic E-state index is 12.0. The average molecular weight is 458 g/mol. The van der Waals surface area contributed by atoms with E-state index in [1.165, 1.54) is 19.3 Å². The second kappa shape index (κ2) is 19.1. The smallest absolute Gasteiger partial charge is 0.220 e. The Bertz CT molecular complexity index is 697. The van der Waals surface area contributed by atoms with Gasteiger partial charge in [-0.25, -0.2) is 0 Å². The van der Waals surface area contributed by atoms with Crippen LogP contribution in [0, 0.1) is 0 Å². The Morgan fingerprint density at radius 1 is 0.939 bits per heavy atom. The van der Waals surface area contributed by atoms with Crippen LogP contribution in [0.15, 0.2) is 72.6 Å². The van der Waals surface area contributed by atoms with Crippen LogP contribution in [0.3, 0.4) is 0 Å². The van der Waals surface area contributed by atoms with Crippen LogP contribution < -0.4 is 5.32 Å². The molecule has 0 aromatic carbocycles. The van der Waals surface area contributed by atoms with Crippen LogP contribution in [0.1, 0.15) is 77.6 Å². The summed E-state index contributed by atoms with van der Waals surface area (Å²) in [4.78, 5) is 12.0. The van der Waals surface area contributed by atoms with E-state index in [0.29, 0.717) is 38.1 Å². The standard InChI is InChI=1S/C28H43NO4/c1-2-3-11-19-25(30)20-14-8-6-4-5-7-9-15-21-26(31)27(32)22-16-23-28(33)29-24-17-12-10-13-18-24/h3-9,11,14,20,22,24-26,30-32H,2,10,12-13,15-19,21,23H2,1H3,(H,29,33)/b5-4+,8-6-,9-7+,11-3-,20-14+,27-22+/t25-,26+/m0/s1. The number of amides is 1. The minimum atomic E-state index is -0.913. The number of rotatable bonds is 15. The molecule has 1 rings (SSSR count). The van der Waals surface area contributed by atoms with Crippen molar-refractivity contribution >= 4 is 5.91 Å². The first kappa shape index (κ1) is 28.7. The topological polar surface area (TPSA) is 89.8 Å². The van der Waals surface area contributed by atoms with E-state index in [9.17, 15) is 20.1 Å². The zero-order chi connectivity index (χ0) is 24.2. The highest BCUT2D eigenvalue weighted by molar-refractivity contribution is 5.76. The zero-order valence-electron chi connectivity index (χ0n) is 20.1. The Morgan fingerprint density at radius 3 is 2.36 bits per heavy atom. The molecule has 0 aliphatic heterocycles. The van der Waals surface area contributed by atoms with Gasteiger partial charge < -0.3 is 20.6 Å². The quantitative estimate of drug-likeness (QED) is 0.143. The van der Waals surface area contributed by atoms with E-state index in [1.807, 2.05) is 54.7 Å². The third-order valence-corrected chi connectivity index (χ3v) is 5.45. The molecular formula is C28H43NO4. The van der Waals surface area contributed by atoms with Gasteiger partial charge in [-0.1, -0.05) is 86.9 Å². The molecule has 5 nitrogen and oxygen atoms in total. The molecule has 4 N–H and O–H groups in total. The first-order valence-corrected chi connectivity index (χ1v) is 12.4. The van der Waals surface area contributed by atoms with Crippen LogP contribution in [-0.4, -0.2) is 39.5 Å². The normalized spacial score (nSPS) is 18.3. The molecule has 0 unspecified atom stereocenters. The summed E-state index contributed by atoms with van der Waals surface area (Å²) in [6.07, 6.45) is 28.2. The molecule has 0 radical (unpaired) electrons. The van der Waals surface area contributed by atoms with Gasteiger partial charge in [0.2, 0.25) is 5.91 Å². The van der Waals surface area contributed by atoms with Crippen molar-refractivity contribution in [1.29, 1.82) is 0 Å². The lowest BCUT2D eigenvalue weighted by Gasteiger charge is -2.22. The Kier molecular flexibility index (Phi) is 16.6. The highest BCUT2D eigenvalue weighted by Gasteiger charge is 2.15. The Morgan fingerprint density at radius 2 is 1.64 bits per heavy atom. The van der Waals surface area contributed by atoms with E-state index in [-0.39, 0.29) is 11.7 Å². The van der Waals surface area contributed by atoms with Gasteiger partial charge in [0.05, 0.1) is 6.10 Å². The van der Waals surface area contributed by atoms with E-state index in [0.717, 1.165) is 19.3 Å². The molecule has 2 atom stereocenters. The lowest BCUT2D eigenvalue weighted by Crippen LogP contribution is -2.35. The van der Waals surface area contributed by atoms with Crippen molar-refractivity contribution in [1.82, 2.24) is 5.32 Å². The highest BCUT2D eigenvalue weighted by atomic mass is 16.3. The number of hydrogen-bond donors (Lipinski definition) is 4. The van der Waals surface area contributed by atoms with Gasteiger partial charge in [-0.15, -0.1) is 0 Å². The third kappa shape index (κ3) is 16.0. The fraction of sp³-hybridized carbons (Fsp3) is 0.536. The molecule has 0 aromatic heterocycles. The number of carbonyl (C=O) groups excluding carboxylic acids is 1. The van der Waals surface area contributed by atoms with Crippen LogP contribution in [0.25, 0.3) is 0 Å². The predicted molar refractivity (Wildman–Crippen MR) is 137 cm³/mol. The van der Waals surface area contributed by atoms with E-state index in [1.54, 1.807) is 12.2 Å². The predicted octanol–water partition coefficient (Wildman–Crippen LogP) is 5.74. The van der Waals surface area contributed by atoms with Crippen molar-refractivity contribution in [2.45, 2.75) is 95.8 Å². The van der Waals surface area contributed by atoms with Crippen molar-refractivity contribution in [2.75, 3.05) is 0 Å². The van der Waals surface area contributed by atoms with Crippen LogP contribution in [-0.2, 0) is 4.79 Å². The molecule has 0 aromatic rings. The van der Waals surface area contributed by atoms with Crippen LogP contribution in [0.5, 0.6) is 0 Å². The molecular weight excluding hydrogens is 414 g/mol.